The predicted molar refractivity (Wildman–Crippen MR) is 92.7 cm³/mol. The van der Waals surface area contributed by atoms with Gasteiger partial charge in [0, 0.05) is 11.8 Å². The van der Waals surface area contributed by atoms with Gasteiger partial charge in [0.05, 0.1) is 18.3 Å². The van der Waals surface area contributed by atoms with E-state index >= 15 is 8.78 Å². The van der Waals surface area contributed by atoms with Crippen LogP contribution in [-0.4, -0.2) is 33.9 Å². The molecule has 0 unspecified atom stereocenters. The first-order chi connectivity index (χ1) is 14.0. The fourth-order valence-electron chi connectivity index (χ4n) is 4.32. The van der Waals surface area contributed by atoms with Crippen LogP contribution in [0.25, 0.3) is 0 Å². The summed E-state index contributed by atoms with van der Waals surface area (Å²) in [6.45, 7) is 0. The Hall–Kier alpha value is -2.08. The lowest BCUT2D eigenvalue weighted by Gasteiger charge is -2.44. The molecule has 0 spiro atoms. The average Bonchev–Trinajstić information content (AvgIpc) is 3.59. The molecule has 5 rings (SSSR count). The summed E-state index contributed by atoms with van der Waals surface area (Å²) in [4.78, 5) is 2.68. The summed E-state index contributed by atoms with van der Waals surface area (Å²) in [6, 6.07) is -1.13. The van der Waals surface area contributed by atoms with Gasteiger partial charge < -0.3 is 0 Å². The third kappa shape index (κ3) is 2.95. The minimum Gasteiger partial charge on any atom is -0.276 e. The van der Waals surface area contributed by atoms with Gasteiger partial charge in [-0.25, -0.2) is 8.42 Å². The summed E-state index contributed by atoms with van der Waals surface area (Å²) in [6.07, 6.45) is -0.654. The number of hydrogen-bond donors (Lipinski definition) is 1. The van der Waals surface area contributed by atoms with Crippen LogP contribution in [0.2, 0.25) is 0 Å². The molecule has 2 atom stereocenters. The maximum Gasteiger partial charge on any atom is 0.433 e. The van der Waals surface area contributed by atoms with Crippen LogP contribution in [0.4, 0.5) is 22.0 Å². The van der Waals surface area contributed by atoms with E-state index in [-0.39, 0.29) is 17.2 Å². The molecule has 0 radical (unpaired) electrons. The zero-order valence-corrected chi connectivity index (χ0v) is 16.2. The fourth-order valence-corrected chi connectivity index (χ4v) is 6.17. The van der Waals surface area contributed by atoms with Crippen molar-refractivity contribution in [2.24, 2.45) is 11.8 Å². The van der Waals surface area contributed by atoms with E-state index in [4.69, 9.17) is 0 Å². The molecule has 162 valence electrons. The SMILES string of the molecule is O=S(=O)(c1ccc(C(F)(F)F)nc1)N1[C@@H](C2CC2)c2cn[nH]c2C(F)(F)[C@H]1C1CC1. The zero-order valence-electron chi connectivity index (χ0n) is 15.4. The Labute approximate surface area is 168 Å². The van der Waals surface area contributed by atoms with Crippen molar-refractivity contribution in [2.75, 3.05) is 0 Å². The summed E-state index contributed by atoms with van der Waals surface area (Å²) in [5, 5.41) is 6.09. The standard InChI is InChI=1S/C18H17F5N4O2S/c19-17(20)15-12(8-25-26-15)14(9-1-2-9)27(16(17)10-3-4-10)30(28,29)11-5-6-13(24-7-11)18(21,22)23/h5-10,14,16H,1-4H2,(H,25,26)/t14-,16+/m0/s1. The minimum atomic E-state index is -4.74. The van der Waals surface area contributed by atoms with Gasteiger partial charge >= 0.3 is 12.1 Å². The van der Waals surface area contributed by atoms with Crippen molar-refractivity contribution in [2.45, 2.75) is 54.8 Å². The molecule has 30 heavy (non-hydrogen) atoms. The molecule has 0 amide bonds. The number of aromatic nitrogens is 3. The molecule has 2 saturated carbocycles. The number of fused-ring (bicyclic) bond motifs is 1. The lowest BCUT2D eigenvalue weighted by Crippen LogP contribution is -2.56. The van der Waals surface area contributed by atoms with Gasteiger partial charge in [-0.05, 0) is 49.7 Å². The van der Waals surface area contributed by atoms with Gasteiger partial charge in [-0.2, -0.15) is 31.4 Å². The quantitative estimate of drug-likeness (QED) is 0.721. The third-order valence-electron chi connectivity index (χ3n) is 5.98. The highest BCUT2D eigenvalue weighted by molar-refractivity contribution is 7.89. The second kappa shape index (κ2) is 6.22. The number of H-pyrrole nitrogens is 1. The molecule has 0 saturated heterocycles. The van der Waals surface area contributed by atoms with Gasteiger partial charge in [-0.3, -0.25) is 10.1 Å². The number of nitrogens with one attached hydrogen (secondary N) is 1. The Morgan fingerprint density at radius 3 is 2.27 bits per heavy atom. The molecule has 2 aromatic rings. The summed E-state index contributed by atoms with van der Waals surface area (Å²) in [7, 11) is -4.54. The van der Waals surface area contributed by atoms with E-state index in [1.165, 1.54) is 6.20 Å². The molecular weight excluding hydrogens is 431 g/mol. The van der Waals surface area contributed by atoms with E-state index in [0.29, 0.717) is 37.9 Å². The van der Waals surface area contributed by atoms with Crippen molar-refractivity contribution in [1.29, 1.82) is 0 Å². The molecule has 2 aliphatic carbocycles. The van der Waals surface area contributed by atoms with Gasteiger partial charge in [0.1, 0.15) is 16.3 Å². The maximum absolute atomic E-state index is 15.4. The van der Waals surface area contributed by atoms with Crippen molar-refractivity contribution in [3.8, 4) is 0 Å². The summed E-state index contributed by atoms with van der Waals surface area (Å²) < 4.78 is 97.1. The lowest BCUT2D eigenvalue weighted by molar-refractivity contribution is -0.141. The van der Waals surface area contributed by atoms with Crippen LogP contribution in [0.5, 0.6) is 0 Å². The summed E-state index contributed by atoms with van der Waals surface area (Å²) >= 11 is 0. The Kier molecular flexibility index (Phi) is 4.12. The molecular formula is C18H17F5N4O2S. The number of alkyl halides is 5. The second-order valence-electron chi connectivity index (χ2n) is 8.10. The molecule has 2 fully saturated rings. The summed E-state index contributed by atoms with van der Waals surface area (Å²) in [5.74, 6) is -4.17. The molecule has 1 N–H and O–H groups in total. The van der Waals surface area contributed by atoms with Crippen LogP contribution in [0, 0.1) is 11.8 Å². The topological polar surface area (TPSA) is 79.0 Å². The van der Waals surface area contributed by atoms with E-state index < -0.39 is 50.7 Å². The number of halogens is 5. The second-order valence-corrected chi connectivity index (χ2v) is 9.94. The molecule has 0 aromatic carbocycles. The van der Waals surface area contributed by atoms with Gasteiger partial charge in [0.25, 0.3) is 0 Å². The first-order valence-electron chi connectivity index (χ1n) is 9.51. The minimum absolute atomic E-state index is 0.128. The van der Waals surface area contributed by atoms with Crippen molar-refractivity contribution in [3.63, 3.8) is 0 Å². The van der Waals surface area contributed by atoms with E-state index in [2.05, 4.69) is 15.2 Å². The van der Waals surface area contributed by atoms with E-state index in [9.17, 15) is 21.6 Å². The van der Waals surface area contributed by atoms with Crippen molar-refractivity contribution in [1.82, 2.24) is 19.5 Å². The Balaban J connectivity index is 1.65. The van der Waals surface area contributed by atoms with Gasteiger partial charge in [0.2, 0.25) is 10.0 Å². The number of rotatable bonds is 4. The number of aromatic amines is 1. The van der Waals surface area contributed by atoms with Crippen LogP contribution >= 0.6 is 0 Å². The van der Waals surface area contributed by atoms with Crippen molar-refractivity contribution >= 4 is 10.0 Å². The normalized spacial score (nSPS) is 27.1. The van der Waals surface area contributed by atoms with Gasteiger partial charge in [0.15, 0.2) is 0 Å². The van der Waals surface area contributed by atoms with Crippen LogP contribution in [-0.2, 0) is 22.1 Å². The number of sulfonamides is 1. The van der Waals surface area contributed by atoms with Crippen LogP contribution in [0.15, 0.2) is 29.4 Å². The first kappa shape index (κ1) is 19.9. The predicted octanol–water partition coefficient (Wildman–Crippen LogP) is 3.85. The zero-order chi connectivity index (χ0) is 21.5. The van der Waals surface area contributed by atoms with Crippen molar-refractivity contribution in [3.05, 3.63) is 41.5 Å². The van der Waals surface area contributed by atoms with Crippen LogP contribution in [0.1, 0.15) is 48.7 Å². The van der Waals surface area contributed by atoms with Crippen molar-refractivity contribution < 1.29 is 30.4 Å². The van der Waals surface area contributed by atoms with Gasteiger partial charge in [-0.1, -0.05) is 0 Å². The van der Waals surface area contributed by atoms with Crippen LogP contribution in [0.3, 0.4) is 0 Å². The Morgan fingerprint density at radius 1 is 1.07 bits per heavy atom. The molecule has 3 heterocycles. The average molecular weight is 448 g/mol. The smallest absolute Gasteiger partial charge is 0.276 e. The fraction of sp³-hybridized carbons (Fsp3) is 0.556. The number of nitrogens with zero attached hydrogens (tertiary/aromatic N) is 3. The Morgan fingerprint density at radius 2 is 1.73 bits per heavy atom. The number of hydrogen-bond acceptors (Lipinski definition) is 4. The van der Waals surface area contributed by atoms with E-state index in [1.54, 1.807) is 0 Å². The number of pyridine rings is 1. The summed E-state index contributed by atoms with van der Waals surface area (Å²) in [5.41, 5.74) is -1.49. The van der Waals surface area contributed by atoms with E-state index in [1.807, 2.05) is 0 Å². The molecule has 0 bridgehead atoms. The third-order valence-corrected chi connectivity index (χ3v) is 7.83. The molecule has 1 aliphatic heterocycles. The Bertz CT molecular complexity index is 1070. The molecule has 2 aromatic heterocycles. The van der Waals surface area contributed by atoms with Gasteiger partial charge in [-0.15, -0.1) is 0 Å². The highest BCUT2D eigenvalue weighted by Gasteiger charge is 2.64. The highest BCUT2D eigenvalue weighted by Crippen LogP contribution is 2.59. The van der Waals surface area contributed by atoms with E-state index in [0.717, 1.165) is 10.4 Å². The molecule has 3 aliphatic rings. The maximum atomic E-state index is 15.4. The largest absolute Gasteiger partial charge is 0.433 e. The first-order valence-corrected chi connectivity index (χ1v) is 11.0. The molecule has 6 nitrogen and oxygen atoms in total. The van der Waals surface area contributed by atoms with Crippen LogP contribution < -0.4 is 0 Å². The highest BCUT2D eigenvalue weighted by atomic mass is 32.2. The lowest BCUT2D eigenvalue weighted by atomic mass is 9.88. The monoisotopic (exact) mass is 448 g/mol. The molecule has 12 heteroatoms.